The first-order valence-corrected chi connectivity index (χ1v) is 6.80. The summed E-state index contributed by atoms with van der Waals surface area (Å²) in [5, 5.41) is 2.90. The van der Waals surface area contributed by atoms with Crippen molar-refractivity contribution in [2.75, 3.05) is 0 Å². The Bertz CT molecular complexity index is 515. The molecule has 0 bridgehead atoms. The van der Waals surface area contributed by atoms with Crippen LogP contribution in [-0.4, -0.2) is 22.4 Å². The summed E-state index contributed by atoms with van der Waals surface area (Å²) in [6.45, 7) is 2.39. The number of nitrogens with one attached hydrogen (secondary N) is 1. The number of amides is 3. The fourth-order valence-corrected chi connectivity index (χ4v) is 3.01. The number of carbonyl (C=O) groups excluding carboxylic acids is 2. The first kappa shape index (κ1) is 12.2. The monoisotopic (exact) mass is 258 g/mol. The zero-order valence-corrected chi connectivity index (χ0v) is 11.1. The molecule has 4 nitrogen and oxygen atoms in total. The van der Waals surface area contributed by atoms with Crippen LogP contribution in [0.5, 0.6) is 0 Å². The van der Waals surface area contributed by atoms with E-state index in [-0.39, 0.29) is 11.9 Å². The Morgan fingerprint density at radius 1 is 1.16 bits per heavy atom. The Labute approximate surface area is 112 Å². The zero-order valence-electron chi connectivity index (χ0n) is 11.1. The average Bonchev–Trinajstić information content (AvgIpc) is 2.94. The van der Waals surface area contributed by atoms with E-state index in [4.69, 9.17) is 0 Å². The van der Waals surface area contributed by atoms with E-state index in [1.807, 2.05) is 31.2 Å². The number of hydrogen-bond acceptors (Lipinski definition) is 2. The maximum atomic E-state index is 12.5. The van der Waals surface area contributed by atoms with Crippen LogP contribution in [0.3, 0.4) is 0 Å². The molecular formula is C15H18N2O2. The fraction of sp³-hybridized carbons (Fsp3) is 0.467. The number of nitrogens with zero attached hydrogens (tertiary/aromatic N) is 1. The molecule has 0 aromatic heterocycles. The maximum absolute atomic E-state index is 12.5. The molecule has 1 heterocycles. The van der Waals surface area contributed by atoms with Crippen LogP contribution in [0.4, 0.5) is 4.79 Å². The van der Waals surface area contributed by atoms with Crippen LogP contribution in [0.15, 0.2) is 24.3 Å². The van der Waals surface area contributed by atoms with E-state index in [1.54, 1.807) is 0 Å². The highest BCUT2D eigenvalue weighted by Crippen LogP contribution is 2.35. The second kappa shape index (κ2) is 4.37. The van der Waals surface area contributed by atoms with Gasteiger partial charge < -0.3 is 5.32 Å². The van der Waals surface area contributed by atoms with E-state index < -0.39 is 5.54 Å². The van der Waals surface area contributed by atoms with Crippen molar-refractivity contribution < 1.29 is 9.59 Å². The molecular weight excluding hydrogens is 240 g/mol. The summed E-state index contributed by atoms with van der Waals surface area (Å²) in [5.41, 5.74) is 1.57. The van der Waals surface area contributed by atoms with Gasteiger partial charge in [0.25, 0.3) is 5.91 Å². The van der Waals surface area contributed by atoms with E-state index in [0.717, 1.165) is 31.2 Å². The Hall–Kier alpha value is -1.84. The number of aryl methyl sites for hydroxylation is 1. The lowest BCUT2D eigenvalue weighted by Crippen LogP contribution is -2.44. The van der Waals surface area contributed by atoms with Crippen LogP contribution in [0.2, 0.25) is 0 Å². The predicted octanol–water partition coefficient (Wildman–Crippen LogP) is 2.36. The van der Waals surface area contributed by atoms with Gasteiger partial charge in [0, 0.05) is 0 Å². The highest BCUT2D eigenvalue weighted by atomic mass is 16.2. The first-order valence-electron chi connectivity index (χ1n) is 6.80. The predicted molar refractivity (Wildman–Crippen MR) is 71.5 cm³/mol. The third kappa shape index (κ3) is 2.01. The quantitative estimate of drug-likeness (QED) is 0.828. The number of rotatable bonds is 2. The van der Waals surface area contributed by atoms with Crippen LogP contribution in [0.1, 0.15) is 36.8 Å². The Morgan fingerprint density at radius 2 is 1.79 bits per heavy atom. The van der Waals surface area contributed by atoms with Gasteiger partial charge in [-0.2, -0.15) is 0 Å². The van der Waals surface area contributed by atoms with Gasteiger partial charge in [-0.05, 0) is 25.3 Å². The van der Waals surface area contributed by atoms with Crippen molar-refractivity contribution in [3.05, 3.63) is 35.4 Å². The van der Waals surface area contributed by atoms with E-state index >= 15 is 0 Å². The molecule has 1 saturated carbocycles. The minimum atomic E-state index is -0.595. The van der Waals surface area contributed by atoms with Crippen molar-refractivity contribution in [2.24, 2.45) is 0 Å². The molecule has 3 amide bonds. The smallest absolute Gasteiger partial charge is 0.323 e. The van der Waals surface area contributed by atoms with Crippen LogP contribution < -0.4 is 5.32 Å². The third-order valence-electron chi connectivity index (χ3n) is 4.16. The van der Waals surface area contributed by atoms with Crippen molar-refractivity contribution in [3.63, 3.8) is 0 Å². The average molecular weight is 258 g/mol. The third-order valence-corrected chi connectivity index (χ3v) is 4.16. The first-order chi connectivity index (χ1) is 9.11. The largest absolute Gasteiger partial charge is 0.325 e. The Balaban J connectivity index is 1.79. The number of benzene rings is 1. The van der Waals surface area contributed by atoms with Crippen LogP contribution in [0, 0.1) is 6.92 Å². The maximum Gasteiger partial charge on any atom is 0.325 e. The second-order valence-corrected chi connectivity index (χ2v) is 5.60. The minimum Gasteiger partial charge on any atom is -0.323 e. The summed E-state index contributed by atoms with van der Waals surface area (Å²) >= 11 is 0. The van der Waals surface area contributed by atoms with Gasteiger partial charge in [-0.25, -0.2) is 4.79 Å². The van der Waals surface area contributed by atoms with E-state index in [1.165, 1.54) is 10.5 Å². The summed E-state index contributed by atoms with van der Waals surface area (Å²) in [5.74, 6) is -0.0458. The molecule has 1 spiro atoms. The number of imide groups is 1. The summed E-state index contributed by atoms with van der Waals surface area (Å²) in [6.07, 6.45) is 3.60. The Morgan fingerprint density at radius 3 is 2.42 bits per heavy atom. The van der Waals surface area contributed by atoms with Gasteiger partial charge in [0.2, 0.25) is 0 Å². The molecule has 2 fully saturated rings. The molecule has 2 aliphatic rings. The topological polar surface area (TPSA) is 49.4 Å². The van der Waals surface area contributed by atoms with Crippen molar-refractivity contribution in [2.45, 2.75) is 44.7 Å². The summed E-state index contributed by atoms with van der Waals surface area (Å²) < 4.78 is 0. The van der Waals surface area contributed by atoms with E-state index in [0.29, 0.717) is 6.54 Å². The molecule has 0 unspecified atom stereocenters. The highest BCUT2D eigenvalue weighted by molar-refractivity contribution is 6.07. The lowest BCUT2D eigenvalue weighted by Gasteiger charge is -2.20. The molecule has 4 heteroatoms. The fourth-order valence-electron chi connectivity index (χ4n) is 3.01. The van der Waals surface area contributed by atoms with E-state index in [9.17, 15) is 9.59 Å². The molecule has 1 aliphatic heterocycles. The molecule has 1 saturated heterocycles. The molecule has 100 valence electrons. The molecule has 0 radical (unpaired) electrons. The van der Waals surface area contributed by atoms with Gasteiger partial charge in [0.15, 0.2) is 0 Å². The van der Waals surface area contributed by atoms with Crippen molar-refractivity contribution in [1.29, 1.82) is 0 Å². The van der Waals surface area contributed by atoms with Gasteiger partial charge in [-0.1, -0.05) is 42.7 Å². The van der Waals surface area contributed by atoms with Crippen LogP contribution >= 0.6 is 0 Å². The van der Waals surface area contributed by atoms with Gasteiger partial charge in [-0.3, -0.25) is 9.69 Å². The summed E-state index contributed by atoms with van der Waals surface area (Å²) in [7, 11) is 0. The lowest BCUT2D eigenvalue weighted by atomic mass is 9.98. The van der Waals surface area contributed by atoms with Crippen molar-refractivity contribution in [1.82, 2.24) is 10.2 Å². The van der Waals surface area contributed by atoms with Gasteiger partial charge >= 0.3 is 6.03 Å². The Kier molecular flexibility index (Phi) is 2.81. The van der Waals surface area contributed by atoms with Crippen LogP contribution in [0.25, 0.3) is 0 Å². The van der Waals surface area contributed by atoms with Gasteiger partial charge in [-0.15, -0.1) is 0 Å². The highest BCUT2D eigenvalue weighted by Gasteiger charge is 2.52. The molecule has 1 aliphatic carbocycles. The van der Waals surface area contributed by atoms with Gasteiger partial charge in [0.1, 0.15) is 5.54 Å². The second-order valence-electron chi connectivity index (χ2n) is 5.60. The SMILES string of the molecule is Cc1ccc(CN2C(=O)NC3(CCCC3)C2=O)cc1. The minimum absolute atomic E-state index is 0.0458. The van der Waals surface area contributed by atoms with Crippen molar-refractivity contribution >= 4 is 11.9 Å². The lowest BCUT2D eigenvalue weighted by molar-refractivity contribution is -0.131. The standard InChI is InChI=1S/C15H18N2O2/c1-11-4-6-12(7-5-11)10-17-13(18)15(16-14(17)19)8-2-3-9-15/h4-7H,2-3,8-10H2,1H3,(H,16,19). The molecule has 1 N–H and O–H groups in total. The van der Waals surface area contributed by atoms with Gasteiger partial charge in [0.05, 0.1) is 6.54 Å². The molecule has 0 atom stereocenters. The molecule has 19 heavy (non-hydrogen) atoms. The summed E-state index contributed by atoms with van der Waals surface area (Å²) in [6, 6.07) is 7.69. The van der Waals surface area contributed by atoms with E-state index in [2.05, 4.69) is 5.32 Å². The zero-order chi connectivity index (χ0) is 13.5. The molecule has 1 aromatic rings. The normalized spacial score (nSPS) is 21.2. The van der Waals surface area contributed by atoms with Crippen molar-refractivity contribution in [3.8, 4) is 0 Å². The summed E-state index contributed by atoms with van der Waals surface area (Å²) in [4.78, 5) is 25.8. The number of hydrogen-bond donors (Lipinski definition) is 1. The molecule has 1 aromatic carbocycles. The number of urea groups is 1. The van der Waals surface area contributed by atoms with Crippen LogP contribution in [-0.2, 0) is 11.3 Å². The molecule has 3 rings (SSSR count). The number of carbonyl (C=O) groups is 2.